The van der Waals surface area contributed by atoms with Gasteiger partial charge in [-0.05, 0) is 69.5 Å². The van der Waals surface area contributed by atoms with Crippen LogP contribution in [-0.2, 0) is 11.3 Å². The first-order valence-electron chi connectivity index (χ1n) is 11.7. The van der Waals surface area contributed by atoms with Crippen molar-refractivity contribution in [3.63, 3.8) is 0 Å². The molecule has 0 saturated carbocycles. The number of hydrogen-bond acceptors (Lipinski definition) is 4. The zero-order valence-electron chi connectivity index (χ0n) is 18.1. The third-order valence-corrected chi connectivity index (χ3v) is 6.99. The molecule has 31 heavy (non-hydrogen) atoms. The molecule has 0 aromatic carbocycles. The molecule has 2 fully saturated rings. The SMILES string of the molecule is O=C(CCCn1c(=O)c2cccn2c2cccnc21)N1CCC(N2CCCCC2)CC1. The maximum atomic E-state index is 13.0. The Morgan fingerprint density at radius 3 is 2.58 bits per heavy atom. The summed E-state index contributed by atoms with van der Waals surface area (Å²) in [5.41, 5.74) is 2.18. The number of nitrogens with zero attached hydrogens (tertiary/aromatic N) is 5. The van der Waals surface area contributed by atoms with Crippen molar-refractivity contribution in [2.75, 3.05) is 26.2 Å². The van der Waals surface area contributed by atoms with Gasteiger partial charge in [-0.3, -0.25) is 14.2 Å². The molecule has 5 heterocycles. The first-order chi connectivity index (χ1) is 15.2. The van der Waals surface area contributed by atoms with E-state index in [1.54, 1.807) is 10.8 Å². The number of piperidine rings is 2. The van der Waals surface area contributed by atoms with Crippen LogP contribution in [-0.4, -0.2) is 61.9 Å². The van der Waals surface area contributed by atoms with E-state index < -0.39 is 0 Å². The molecule has 3 aromatic heterocycles. The highest BCUT2D eigenvalue weighted by Crippen LogP contribution is 2.21. The Bertz CT molecular complexity index is 1120. The number of aromatic nitrogens is 3. The second kappa shape index (κ2) is 8.83. The number of aryl methyl sites for hydroxylation is 1. The normalized spacial score (nSPS) is 18.8. The maximum Gasteiger partial charge on any atom is 0.276 e. The molecule has 0 unspecified atom stereocenters. The Balaban J connectivity index is 1.20. The predicted molar refractivity (Wildman–Crippen MR) is 121 cm³/mol. The van der Waals surface area contributed by atoms with Gasteiger partial charge in [-0.25, -0.2) is 4.98 Å². The molecule has 0 bridgehead atoms. The molecule has 0 aliphatic carbocycles. The highest BCUT2D eigenvalue weighted by atomic mass is 16.2. The number of amides is 1. The van der Waals surface area contributed by atoms with Crippen LogP contribution in [0, 0.1) is 0 Å². The Morgan fingerprint density at radius 1 is 1.00 bits per heavy atom. The zero-order valence-corrected chi connectivity index (χ0v) is 18.1. The van der Waals surface area contributed by atoms with Gasteiger partial charge in [-0.1, -0.05) is 6.42 Å². The van der Waals surface area contributed by atoms with Gasteiger partial charge in [0.05, 0.1) is 5.52 Å². The van der Waals surface area contributed by atoms with Gasteiger partial charge in [-0.2, -0.15) is 0 Å². The molecule has 2 aliphatic heterocycles. The van der Waals surface area contributed by atoms with Crippen molar-refractivity contribution in [2.45, 2.75) is 57.5 Å². The van der Waals surface area contributed by atoms with E-state index >= 15 is 0 Å². The molecule has 3 aromatic rings. The summed E-state index contributed by atoms with van der Waals surface area (Å²) in [6.45, 7) is 4.67. The van der Waals surface area contributed by atoms with Crippen molar-refractivity contribution in [2.24, 2.45) is 0 Å². The summed E-state index contributed by atoms with van der Waals surface area (Å²) in [7, 11) is 0. The monoisotopic (exact) mass is 421 g/mol. The molecule has 0 radical (unpaired) electrons. The second-order valence-corrected chi connectivity index (χ2v) is 8.88. The van der Waals surface area contributed by atoms with E-state index in [-0.39, 0.29) is 11.5 Å². The van der Waals surface area contributed by atoms with Gasteiger partial charge in [0.25, 0.3) is 5.56 Å². The minimum Gasteiger partial charge on any atom is -0.343 e. The number of likely N-dealkylation sites (tertiary alicyclic amines) is 2. The van der Waals surface area contributed by atoms with Crippen molar-refractivity contribution in [3.8, 4) is 0 Å². The van der Waals surface area contributed by atoms with Crippen molar-refractivity contribution >= 4 is 22.6 Å². The smallest absolute Gasteiger partial charge is 0.276 e. The van der Waals surface area contributed by atoms with Gasteiger partial charge >= 0.3 is 0 Å². The molecule has 2 aliphatic rings. The Morgan fingerprint density at radius 2 is 1.77 bits per heavy atom. The van der Waals surface area contributed by atoms with Crippen LogP contribution < -0.4 is 5.56 Å². The maximum absolute atomic E-state index is 13.0. The van der Waals surface area contributed by atoms with Crippen molar-refractivity contribution in [1.82, 2.24) is 23.8 Å². The van der Waals surface area contributed by atoms with Gasteiger partial charge in [-0.15, -0.1) is 0 Å². The second-order valence-electron chi connectivity index (χ2n) is 8.88. The fraction of sp³-hybridized carbons (Fsp3) is 0.542. The standard InChI is InChI=1S/C24H31N5O2/c30-22(27-17-10-19(11-18-27)26-13-2-1-3-14-26)9-6-16-29-23-20(7-4-12-25-23)28-15-5-8-21(28)24(29)31/h4-5,7-8,12,15,19H,1-3,6,9-11,13-14,16-18H2. The third-order valence-electron chi connectivity index (χ3n) is 6.99. The van der Waals surface area contributed by atoms with Crippen LogP contribution >= 0.6 is 0 Å². The molecule has 5 rings (SSSR count). The number of hydrogen-bond donors (Lipinski definition) is 0. The molecule has 0 spiro atoms. The van der Waals surface area contributed by atoms with Crippen LogP contribution in [0.4, 0.5) is 0 Å². The largest absolute Gasteiger partial charge is 0.343 e. The minimum atomic E-state index is -0.0500. The molecule has 1 amide bonds. The van der Waals surface area contributed by atoms with Crippen LogP contribution in [0.2, 0.25) is 0 Å². The highest BCUT2D eigenvalue weighted by molar-refractivity contribution is 5.77. The van der Waals surface area contributed by atoms with Crippen molar-refractivity contribution < 1.29 is 4.79 Å². The predicted octanol–water partition coefficient (Wildman–Crippen LogP) is 2.91. The number of carbonyl (C=O) groups excluding carboxylic acids is 1. The van der Waals surface area contributed by atoms with Crippen molar-refractivity contribution in [1.29, 1.82) is 0 Å². The van der Waals surface area contributed by atoms with E-state index in [4.69, 9.17) is 0 Å². The fourth-order valence-electron chi connectivity index (χ4n) is 5.30. The molecule has 2 saturated heterocycles. The fourth-order valence-corrected chi connectivity index (χ4v) is 5.30. The molecule has 0 N–H and O–H groups in total. The van der Waals surface area contributed by atoms with E-state index in [1.165, 1.54) is 32.4 Å². The van der Waals surface area contributed by atoms with Crippen LogP contribution in [0.15, 0.2) is 41.5 Å². The molecule has 0 atom stereocenters. The lowest BCUT2D eigenvalue weighted by Crippen LogP contribution is -2.48. The Kier molecular flexibility index (Phi) is 5.76. The number of fused-ring (bicyclic) bond motifs is 3. The molecular weight excluding hydrogens is 390 g/mol. The van der Waals surface area contributed by atoms with Crippen molar-refractivity contribution in [3.05, 3.63) is 47.0 Å². The van der Waals surface area contributed by atoms with E-state index in [9.17, 15) is 9.59 Å². The lowest BCUT2D eigenvalue weighted by Gasteiger charge is -2.40. The summed E-state index contributed by atoms with van der Waals surface area (Å²) in [5.74, 6) is 0.214. The highest BCUT2D eigenvalue weighted by Gasteiger charge is 2.27. The zero-order chi connectivity index (χ0) is 21.2. The number of carbonyl (C=O) groups is 1. The van der Waals surface area contributed by atoms with Crippen LogP contribution in [0.1, 0.15) is 44.9 Å². The first-order valence-corrected chi connectivity index (χ1v) is 11.7. The van der Waals surface area contributed by atoms with Gasteiger partial charge in [0.15, 0.2) is 5.65 Å². The quantitative estimate of drug-likeness (QED) is 0.636. The van der Waals surface area contributed by atoms with E-state index in [0.29, 0.717) is 36.6 Å². The molecule has 164 valence electrons. The lowest BCUT2D eigenvalue weighted by atomic mass is 9.99. The summed E-state index contributed by atoms with van der Waals surface area (Å²) in [5, 5.41) is 0. The summed E-state index contributed by atoms with van der Waals surface area (Å²) >= 11 is 0. The summed E-state index contributed by atoms with van der Waals surface area (Å²) in [6.07, 6.45) is 10.9. The molecule has 7 heteroatoms. The van der Waals surface area contributed by atoms with E-state index in [1.807, 2.05) is 39.8 Å². The summed E-state index contributed by atoms with van der Waals surface area (Å²) in [4.78, 5) is 34.9. The van der Waals surface area contributed by atoms with Crippen LogP contribution in [0.25, 0.3) is 16.7 Å². The lowest BCUT2D eigenvalue weighted by molar-refractivity contribution is -0.133. The third kappa shape index (κ3) is 3.99. The van der Waals surface area contributed by atoms with Gasteiger partial charge in [0.1, 0.15) is 5.52 Å². The average Bonchev–Trinajstić information content (AvgIpc) is 3.32. The number of pyridine rings is 1. The number of rotatable bonds is 5. The van der Waals surface area contributed by atoms with Gasteiger partial charge < -0.3 is 14.2 Å². The van der Waals surface area contributed by atoms with Crippen LogP contribution in [0.3, 0.4) is 0 Å². The topological polar surface area (TPSA) is 62.9 Å². The first kappa shape index (κ1) is 20.2. The van der Waals surface area contributed by atoms with E-state index in [0.717, 1.165) is 31.4 Å². The Labute approximate surface area is 182 Å². The molecule has 7 nitrogen and oxygen atoms in total. The molecular formula is C24H31N5O2. The summed E-state index contributed by atoms with van der Waals surface area (Å²) in [6, 6.07) is 8.22. The summed E-state index contributed by atoms with van der Waals surface area (Å²) < 4.78 is 3.61. The van der Waals surface area contributed by atoms with Crippen LogP contribution in [0.5, 0.6) is 0 Å². The van der Waals surface area contributed by atoms with E-state index in [2.05, 4.69) is 9.88 Å². The Hall–Kier alpha value is -2.67. The van der Waals surface area contributed by atoms with Gasteiger partial charge in [0, 0.05) is 44.5 Å². The minimum absolute atomic E-state index is 0.0500. The van der Waals surface area contributed by atoms with Gasteiger partial charge in [0.2, 0.25) is 5.91 Å². The average molecular weight is 422 g/mol.